The van der Waals surface area contributed by atoms with E-state index in [0.717, 1.165) is 70.5 Å². The average molecular weight is 422 g/mol. The highest BCUT2D eigenvalue weighted by molar-refractivity contribution is 5.60. The molecular weight excluding hydrogens is 386 g/mol. The highest BCUT2D eigenvalue weighted by Crippen LogP contribution is 2.26. The van der Waals surface area contributed by atoms with Gasteiger partial charge in [0.25, 0.3) is 0 Å². The summed E-state index contributed by atoms with van der Waals surface area (Å²) < 4.78 is 6.53. The van der Waals surface area contributed by atoms with Crippen molar-refractivity contribution in [2.75, 3.05) is 31.9 Å². The maximum atomic E-state index is 6.53. The first-order valence-electron chi connectivity index (χ1n) is 11.7. The summed E-state index contributed by atoms with van der Waals surface area (Å²) in [5, 5.41) is 0. The maximum Gasteiger partial charge on any atom is 0.123 e. The third-order valence-corrected chi connectivity index (χ3v) is 6.28. The van der Waals surface area contributed by atoms with Crippen molar-refractivity contribution in [1.82, 2.24) is 19.8 Å². The second kappa shape index (κ2) is 10.7. The lowest BCUT2D eigenvalue weighted by Crippen LogP contribution is -2.41. The predicted octanol–water partition coefficient (Wildman–Crippen LogP) is 3.96. The van der Waals surface area contributed by atoms with E-state index in [1.165, 1.54) is 11.3 Å². The van der Waals surface area contributed by atoms with E-state index in [-0.39, 0.29) is 0 Å². The van der Waals surface area contributed by atoms with Crippen molar-refractivity contribution in [2.24, 2.45) is 0 Å². The Kier molecular flexibility index (Phi) is 7.54. The lowest BCUT2D eigenvalue weighted by molar-refractivity contribution is -0.0612. The van der Waals surface area contributed by atoms with Gasteiger partial charge in [-0.3, -0.25) is 9.88 Å². The third kappa shape index (κ3) is 6.05. The van der Waals surface area contributed by atoms with Gasteiger partial charge in [-0.05, 0) is 61.9 Å². The number of allylic oxidation sites excluding steroid dienone is 1. The van der Waals surface area contributed by atoms with E-state index < -0.39 is 0 Å². The quantitative estimate of drug-likeness (QED) is 0.730. The molecule has 2 aliphatic heterocycles. The molecule has 2 aromatic rings. The maximum absolute atomic E-state index is 6.53. The van der Waals surface area contributed by atoms with E-state index in [1.807, 2.05) is 18.3 Å². The molecule has 2 fully saturated rings. The number of nitrogens with two attached hydrogens (primary N) is 1. The summed E-state index contributed by atoms with van der Waals surface area (Å²) in [5.74, 6) is 0.599. The number of rotatable bonds is 7. The molecule has 4 heterocycles. The van der Waals surface area contributed by atoms with Gasteiger partial charge in [0.05, 0.1) is 23.6 Å². The van der Waals surface area contributed by atoms with E-state index >= 15 is 0 Å². The van der Waals surface area contributed by atoms with Gasteiger partial charge in [0.2, 0.25) is 0 Å². The molecule has 31 heavy (non-hydrogen) atoms. The first-order valence-corrected chi connectivity index (χ1v) is 11.7. The van der Waals surface area contributed by atoms with E-state index in [1.54, 1.807) is 6.20 Å². The molecule has 0 bridgehead atoms. The third-order valence-electron chi connectivity index (χ3n) is 6.28. The number of nitrogens with zero attached hydrogens (tertiary/aromatic N) is 4. The minimum atomic E-state index is 0.374. The van der Waals surface area contributed by atoms with Crippen LogP contribution in [0.5, 0.6) is 0 Å². The number of ether oxygens (including phenoxy) is 1. The second-order valence-corrected chi connectivity index (χ2v) is 8.60. The number of pyridine rings is 2. The average Bonchev–Trinajstić information content (AvgIpc) is 2.80. The summed E-state index contributed by atoms with van der Waals surface area (Å²) in [6.45, 7) is 7.36. The molecule has 6 heteroatoms. The van der Waals surface area contributed by atoms with Gasteiger partial charge in [-0.2, -0.15) is 0 Å². The largest absolute Gasteiger partial charge is 0.384 e. The van der Waals surface area contributed by atoms with Crippen molar-refractivity contribution in [2.45, 2.75) is 57.8 Å². The molecule has 2 aromatic heterocycles. The Hall–Kier alpha value is -2.44. The number of nitrogen functional groups attached to an aromatic ring is 1. The molecular formula is C25H35N5O. The van der Waals surface area contributed by atoms with Gasteiger partial charge in [-0.15, -0.1) is 0 Å². The smallest absolute Gasteiger partial charge is 0.123 e. The van der Waals surface area contributed by atoms with Crippen LogP contribution in [0, 0.1) is 0 Å². The molecule has 6 nitrogen and oxygen atoms in total. The predicted molar refractivity (Wildman–Crippen MR) is 125 cm³/mol. The fraction of sp³-hybridized carbons (Fsp3) is 0.520. The van der Waals surface area contributed by atoms with Gasteiger partial charge in [-0.25, -0.2) is 4.98 Å². The molecule has 0 aromatic carbocycles. The van der Waals surface area contributed by atoms with Gasteiger partial charge in [0.15, 0.2) is 0 Å². The fourth-order valence-electron chi connectivity index (χ4n) is 4.66. The van der Waals surface area contributed by atoms with Crippen molar-refractivity contribution < 1.29 is 4.74 Å². The van der Waals surface area contributed by atoms with Crippen molar-refractivity contribution >= 4 is 11.5 Å². The minimum Gasteiger partial charge on any atom is -0.384 e. The Labute approximate surface area is 186 Å². The van der Waals surface area contributed by atoms with Crippen LogP contribution in [-0.4, -0.2) is 58.2 Å². The number of piperidine rings is 2. The Morgan fingerprint density at radius 1 is 1.03 bits per heavy atom. The van der Waals surface area contributed by atoms with Crippen LogP contribution in [0.4, 0.5) is 5.82 Å². The van der Waals surface area contributed by atoms with Crippen molar-refractivity contribution in [1.29, 1.82) is 0 Å². The number of hydrogen-bond donors (Lipinski definition) is 1. The summed E-state index contributed by atoms with van der Waals surface area (Å²) in [5.41, 5.74) is 9.39. The molecule has 0 saturated carbocycles. The van der Waals surface area contributed by atoms with Crippen LogP contribution in [0.1, 0.15) is 50.3 Å². The second-order valence-electron chi connectivity index (χ2n) is 8.60. The Morgan fingerprint density at radius 2 is 1.77 bits per heavy atom. The van der Waals surface area contributed by atoms with Crippen LogP contribution in [0.15, 0.2) is 48.8 Å². The molecule has 0 atom stereocenters. The molecule has 2 saturated heterocycles. The first kappa shape index (κ1) is 21.8. The number of aromatic nitrogens is 2. The standard InChI is InChI=1S/C25H35N5O/c1-2-5-24(23-6-3-4-12-27-23)30-16-10-22(11-17-30)31-21-8-14-29(15-9-21)19-20-7-13-28-25(26)18-20/h3-7,12-13,18,21-22H,2,8-11,14-17,19H2,1H3,(H2,26,28)/b24-5+. The zero-order valence-corrected chi connectivity index (χ0v) is 18.6. The van der Waals surface area contributed by atoms with E-state index in [0.29, 0.717) is 18.0 Å². The topological polar surface area (TPSA) is 67.5 Å². The van der Waals surface area contributed by atoms with E-state index in [9.17, 15) is 0 Å². The normalized spacial score (nSPS) is 19.6. The molecule has 0 spiro atoms. The molecule has 4 rings (SSSR count). The monoisotopic (exact) mass is 421 g/mol. The number of anilines is 1. The van der Waals surface area contributed by atoms with Gasteiger partial charge in [-0.1, -0.05) is 19.1 Å². The Morgan fingerprint density at radius 3 is 2.42 bits per heavy atom. The summed E-state index contributed by atoms with van der Waals surface area (Å²) >= 11 is 0. The first-order chi connectivity index (χ1) is 15.2. The number of hydrogen-bond acceptors (Lipinski definition) is 6. The van der Waals surface area contributed by atoms with Crippen LogP contribution >= 0.6 is 0 Å². The summed E-state index contributed by atoms with van der Waals surface area (Å²) in [6, 6.07) is 10.2. The van der Waals surface area contributed by atoms with Gasteiger partial charge >= 0.3 is 0 Å². The zero-order chi connectivity index (χ0) is 21.5. The Balaban J connectivity index is 1.22. The summed E-state index contributed by atoms with van der Waals surface area (Å²) in [6.07, 6.45) is 12.1. The van der Waals surface area contributed by atoms with Gasteiger partial charge < -0.3 is 15.4 Å². The molecule has 2 N–H and O–H groups in total. The highest BCUT2D eigenvalue weighted by Gasteiger charge is 2.27. The molecule has 166 valence electrons. The van der Waals surface area contributed by atoms with Crippen LogP contribution in [0.2, 0.25) is 0 Å². The minimum absolute atomic E-state index is 0.374. The van der Waals surface area contributed by atoms with Crippen LogP contribution in [0.3, 0.4) is 0 Å². The SMILES string of the molecule is CC/C=C(\c1ccccn1)N1CCC(OC2CCN(Cc3ccnc(N)c3)CC2)CC1. The van der Waals surface area contributed by atoms with Crippen molar-refractivity contribution in [3.05, 3.63) is 60.1 Å². The lowest BCUT2D eigenvalue weighted by Gasteiger charge is -2.38. The fourth-order valence-corrected chi connectivity index (χ4v) is 4.66. The highest BCUT2D eigenvalue weighted by atomic mass is 16.5. The Bertz CT molecular complexity index is 840. The van der Waals surface area contributed by atoms with Crippen LogP contribution in [-0.2, 0) is 11.3 Å². The van der Waals surface area contributed by atoms with Gasteiger partial charge in [0, 0.05) is 45.1 Å². The molecule has 0 amide bonds. The van der Waals surface area contributed by atoms with E-state index in [4.69, 9.17) is 10.5 Å². The van der Waals surface area contributed by atoms with Crippen molar-refractivity contribution in [3.8, 4) is 0 Å². The number of likely N-dealkylation sites (tertiary alicyclic amines) is 2. The van der Waals surface area contributed by atoms with E-state index in [2.05, 4.69) is 51.0 Å². The molecule has 2 aliphatic rings. The van der Waals surface area contributed by atoms with Crippen LogP contribution in [0.25, 0.3) is 5.70 Å². The molecule has 0 aliphatic carbocycles. The van der Waals surface area contributed by atoms with Gasteiger partial charge in [0.1, 0.15) is 5.82 Å². The molecule has 0 unspecified atom stereocenters. The molecule has 0 radical (unpaired) electrons. The summed E-state index contributed by atoms with van der Waals surface area (Å²) in [7, 11) is 0. The zero-order valence-electron chi connectivity index (χ0n) is 18.6. The lowest BCUT2D eigenvalue weighted by atomic mass is 10.0. The van der Waals surface area contributed by atoms with Crippen LogP contribution < -0.4 is 5.73 Å². The summed E-state index contributed by atoms with van der Waals surface area (Å²) in [4.78, 5) is 13.6. The van der Waals surface area contributed by atoms with Crippen molar-refractivity contribution in [3.63, 3.8) is 0 Å².